The SMILES string of the molecule is CN(CC(=O)O)c1ncc(CN2CCCC(C(=O)c3ccccn3)C2)cn1. The van der Waals surface area contributed by atoms with Gasteiger partial charge < -0.3 is 10.0 Å². The Kier molecular flexibility index (Phi) is 6.08. The molecule has 3 heterocycles. The zero-order chi connectivity index (χ0) is 19.2. The van der Waals surface area contributed by atoms with Crippen LogP contribution in [0.3, 0.4) is 0 Å². The Hall–Kier alpha value is -2.87. The molecular weight excluding hydrogens is 346 g/mol. The lowest BCUT2D eigenvalue weighted by Crippen LogP contribution is -2.38. The Labute approximate surface area is 157 Å². The number of carboxylic acids is 1. The van der Waals surface area contributed by atoms with Crippen LogP contribution in [0.2, 0.25) is 0 Å². The van der Waals surface area contributed by atoms with Gasteiger partial charge in [0.1, 0.15) is 12.2 Å². The van der Waals surface area contributed by atoms with Gasteiger partial charge in [-0.3, -0.25) is 19.5 Å². The molecule has 8 nitrogen and oxygen atoms in total. The van der Waals surface area contributed by atoms with Gasteiger partial charge in [0.15, 0.2) is 5.78 Å². The van der Waals surface area contributed by atoms with Gasteiger partial charge in [-0.25, -0.2) is 9.97 Å². The van der Waals surface area contributed by atoms with Gasteiger partial charge in [0.05, 0.1) is 0 Å². The molecule has 1 fully saturated rings. The molecule has 1 aliphatic rings. The number of Topliss-reactive ketones (excluding diaryl/α,β-unsaturated/α-hetero) is 1. The van der Waals surface area contributed by atoms with Crippen LogP contribution in [-0.2, 0) is 11.3 Å². The van der Waals surface area contributed by atoms with Gasteiger partial charge in [-0.05, 0) is 31.5 Å². The Morgan fingerprint density at radius 3 is 2.70 bits per heavy atom. The van der Waals surface area contributed by atoms with Crippen LogP contribution in [0.25, 0.3) is 0 Å². The largest absolute Gasteiger partial charge is 0.480 e. The summed E-state index contributed by atoms with van der Waals surface area (Å²) in [6.07, 6.45) is 6.91. The first-order chi connectivity index (χ1) is 13.0. The zero-order valence-electron chi connectivity index (χ0n) is 15.3. The van der Waals surface area contributed by atoms with Crippen LogP contribution in [-0.4, -0.2) is 63.4 Å². The minimum absolute atomic E-state index is 0.0458. The number of carboxylic acid groups (broad SMARTS) is 1. The molecule has 0 saturated carbocycles. The van der Waals surface area contributed by atoms with Crippen molar-refractivity contribution < 1.29 is 14.7 Å². The summed E-state index contributed by atoms with van der Waals surface area (Å²) in [5.74, 6) is -0.497. The summed E-state index contributed by atoms with van der Waals surface area (Å²) in [5, 5.41) is 8.83. The van der Waals surface area contributed by atoms with E-state index < -0.39 is 5.97 Å². The van der Waals surface area contributed by atoms with Gasteiger partial charge in [-0.15, -0.1) is 0 Å². The summed E-state index contributed by atoms with van der Waals surface area (Å²) in [4.78, 5) is 39.8. The van der Waals surface area contributed by atoms with E-state index in [0.717, 1.165) is 24.9 Å². The number of rotatable bonds is 7. The van der Waals surface area contributed by atoms with Crippen molar-refractivity contribution in [3.05, 3.63) is 48.0 Å². The van der Waals surface area contributed by atoms with Gasteiger partial charge in [-0.1, -0.05) is 6.07 Å². The fourth-order valence-electron chi connectivity index (χ4n) is 3.29. The summed E-state index contributed by atoms with van der Waals surface area (Å²) in [5.41, 5.74) is 1.46. The summed E-state index contributed by atoms with van der Waals surface area (Å²) in [6, 6.07) is 5.41. The van der Waals surface area contributed by atoms with Crippen LogP contribution < -0.4 is 4.90 Å². The van der Waals surface area contributed by atoms with E-state index in [2.05, 4.69) is 19.9 Å². The number of aromatic nitrogens is 3. The monoisotopic (exact) mass is 369 g/mol. The van der Waals surface area contributed by atoms with E-state index in [9.17, 15) is 9.59 Å². The highest BCUT2D eigenvalue weighted by molar-refractivity contribution is 5.96. The van der Waals surface area contributed by atoms with Crippen LogP contribution >= 0.6 is 0 Å². The molecule has 3 rings (SSSR count). The average Bonchev–Trinajstić information content (AvgIpc) is 2.68. The van der Waals surface area contributed by atoms with E-state index in [-0.39, 0.29) is 18.2 Å². The topological polar surface area (TPSA) is 99.5 Å². The Morgan fingerprint density at radius 2 is 2.04 bits per heavy atom. The Bertz CT molecular complexity index is 782. The molecular formula is C19H23N5O3. The number of aliphatic carboxylic acids is 1. The van der Waals surface area contributed by atoms with Crippen molar-refractivity contribution in [2.45, 2.75) is 19.4 Å². The van der Waals surface area contributed by atoms with E-state index in [1.807, 2.05) is 12.1 Å². The number of piperidine rings is 1. The first kappa shape index (κ1) is 18.9. The predicted molar refractivity (Wildman–Crippen MR) is 99.5 cm³/mol. The van der Waals surface area contributed by atoms with E-state index in [4.69, 9.17) is 5.11 Å². The molecule has 1 saturated heterocycles. The lowest BCUT2D eigenvalue weighted by molar-refractivity contribution is -0.135. The van der Waals surface area contributed by atoms with Crippen molar-refractivity contribution in [1.29, 1.82) is 0 Å². The smallest absolute Gasteiger partial charge is 0.323 e. The maximum absolute atomic E-state index is 12.6. The molecule has 1 aliphatic heterocycles. The number of nitrogens with zero attached hydrogens (tertiary/aromatic N) is 5. The maximum Gasteiger partial charge on any atom is 0.323 e. The van der Waals surface area contributed by atoms with Crippen molar-refractivity contribution in [1.82, 2.24) is 19.9 Å². The first-order valence-electron chi connectivity index (χ1n) is 8.94. The molecule has 0 amide bonds. The second kappa shape index (κ2) is 8.68. The van der Waals surface area contributed by atoms with Crippen LogP contribution in [0.1, 0.15) is 28.9 Å². The van der Waals surface area contributed by atoms with Crippen LogP contribution in [0.4, 0.5) is 5.95 Å². The Balaban J connectivity index is 1.59. The lowest BCUT2D eigenvalue weighted by Gasteiger charge is -2.31. The molecule has 2 aromatic rings. The minimum Gasteiger partial charge on any atom is -0.480 e. The van der Waals surface area contributed by atoms with E-state index in [0.29, 0.717) is 24.7 Å². The maximum atomic E-state index is 12.6. The molecule has 0 bridgehead atoms. The second-order valence-corrected chi connectivity index (χ2v) is 6.79. The van der Waals surface area contributed by atoms with Crippen LogP contribution in [0.5, 0.6) is 0 Å². The minimum atomic E-state index is -0.929. The predicted octanol–water partition coefficient (Wildman–Crippen LogP) is 1.49. The van der Waals surface area contributed by atoms with Gasteiger partial charge in [0.2, 0.25) is 5.95 Å². The third-order valence-electron chi connectivity index (χ3n) is 4.61. The number of likely N-dealkylation sites (tertiary alicyclic amines) is 1. The number of hydrogen-bond acceptors (Lipinski definition) is 7. The summed E-state index contributed by atoms with van der Waals surface area (Å²) in [7, 11) is 1.64. The van der Waals surface area contributed by atoms with E-state index in [1.165, 1.54) is 4.90 Å². The fraction of sp³-hybridized carbons (Fsp3) is 0.421. The van der Waals surface area contributed by atoms with Crippen molar-refractivity contribution in [2.75, 3.05) is 31.6 Å². The highest BCUT2D eigenvalue weighted by Crippen LogP contribution is 2.21. The van der Waals surface area contributed by atoms with Crippen LogP contribution in [0, 0.1) is 5.92 Å². The van der Waals surface area contributed by atoms with Crippen molar-refractivity contribution in [3.63, 3.8) is 0 Å². The number of carbonyl (C=O) groups is 2. The van der Waals surface area contributed by atoms with Gasteiger partial charge >= 0.3 is 5.97 Å². The third-order valence-corrected chi connectivity index (χ3v) is 4.61. The normalized spacial score (nSPS) is 17.4. The number of carbonyl (C=O) groups excluding carboxylic acids is 1. The second-order valence-electron chi connectivity index (χ2n) is 6.79. The molecule has 0 radical (unpaired) electrons. The Morgan fingerprint density at radius 1 is 1.26 bits per heavy atom. The number of anilines is 1. The van der Waals surface area contributed by atoms with Crippen LogP contribution in [0.15, 0.2) is 36.8 Å². The van der Waals surface area contributed by atoms with E-state index >= 15 is 0 Å². The van der Waals surface area contributed by atoms with Crippen molar-refractivity contribution in [3.8, 4) is 0 Å². The summed E-state index contributed by atoms with van der Waals surface area (Å²) < 4.78 is 0. The fourth-order valence-corrected chi connectivity index (χ4v) is 3.29. The molecule has 142 valence electrons. The summed E-state index contributed by atoms with van der Waals surface area (Å²) >= 11 is 0. The van der Waals surface area contributed by atoms with Gasteiger partial charge in [0.25, 0.3) is 0 Å². The molecule has 0 aromatic carbocycles. The number of hydrogen-bond donors (Lipinski definition) is 1. The highest BCUT2D eigenvalue weighted by atomic mass is 16.4. The molecule has 0 spiro atoms. The number of pyridine rings is 1. The summed E-state index contributed by atoms with van der Waals surface area (Å²) in [6.45, 7) is 2.13. The molecule has 0 aliphatic carbocycles. The van der Waals surface area contributed by atoms with E-state index in [1.54, 1.807) is 31.7 Å². The quantitative estimate of drug-likeness (QED) is 0.733. The molecule has 8 heteroatoms. The zero-order valence-corrected chi connectivity index (χ0v) is 15.3. The highest BCUT2D eigenvalue weighted by Gasteiger charge is 2.27. The third kappa shape index (κ3) is 5.07. The molecule has 1 atom stereocenters. The average molecular weight is 369 g/mol. The number of ketones is 1. The van der Waals surface area contributed by atoms with Gasteiger partial charge in [-0.2, -0.15) is 0 Å². The first-order valence-corrected chi connectivity index (χ1v) is 8.94. The lowest BCUT2D eigenvalue weighted by atomic mass is 9.92. The van der Waals surface area contributed by atoms with Gasteiger partial charge in [0, 0.05) is 50.2 Å². The molecule has 1 N–H and O–H groups in total. The standard InChI is InChI=1S/C19H23N5O3/c1-23(13-17(25)26)19-21-9-14(10-22-19)11-24-8-4-5-15(12-24)18(27)16-6-2-3-7-20-16/h2-3,6-7,9-10,15H,4-5,8,11-13H2,1H3,(H,25,26). The van der Waals surface area contributed by atoms with Crippen molar-refractivity contribution >= 4 is 17.7 Å². The van der Waals surface area contributed by atoms with Crippen molar-refractivity contribution in [2.24, 2.45) is 5.92 Å². The molecule has 2 aromatic heterocycles. The number of likely N-dealkylation sites (N-methyl/N-ethyl adjacent to an activating group) is 1. The molecule has 27 heavy (non-hydrogen) atoms. The molecule has 1 unspecified atom stereocenters.